The fourth-order valence-corrected chi connectivity index (χ4v) is 1.90. The second-order valence-electron chi connectivity index (χ2n) is 3.58. The van der Waals surface area contributed by atoms with E-state index in [1.54, 1.807) is 0 Å². The van der Waals surface area contributed by atoms with Gasteiger partial charge in [-0.25, -0.2) is 0 Å². The Morgan fingerprint density at radius 3 is 2.12 bits per heavy atom. The number of esters is 2. The Morgan fingerprint density at radius 1 is 1.18 bits per heavy atom. The molecule has 1 heterocycles. The maximum Gasteiger partial charge on any atom is 0.303 e. The zero-order valence-corrected chi connectivity index (χ0v) is 10.6. The second-order valence-corrected chi connectivity index (χ2v) is 3.89. The second kappa shape index (κ2) is 6.18. The Kier molecular flexibility index (Phi) is 5.17. The van der Waals surface area contributed by atoms with E-state index in [1.807, 2.05) is 0 Å². The van der Waals surface area contributed by atoms with Gasteiger partial charge in [0.1, 0.15) is 6.10 Å². The predicted octanol–water partition coefficient (Wildman–Crippen LogP) is 0.460. The number of rotatable bonds is 4. The van der Waals surface area contributed by atoms with Gasteiger partial charge < -0.3 is 18.9 Å². The lowest BCUT2D eigenvalue weighted by atomic mass is 10.1. The third kappa shape index (κ3) is 3.55. The van der Waals surface area contributed by atoms with Crippen LogP contribution in [0.15, 0.2) is 0 Å². The zero-order chi connectivity index (χ0) is 13.0. The first-order valence-corrected chi connectivity index (χ1v) is 5.61. The maximum atomic E-state index is 11.0. The molecule has 0 aromatic heterocycles. The summed E-state index contributed by atoms with van der Waals surface area (Å²) in [5.74, 6) is -0.897. The molecule has 7 heteroatoms. The predicted molar refractivity (Wildman–Crippen MR) is 57.5 cm³/mol. The average Bonchev–Trinajstić information content (AvgIpc) is 2.55. The Balaban J connectivity index is 2.82. The topological polar surface area (TPSA) is 71.1 Å². The number of carbonyl (C=O) groups is 2. The van der Waals surface area contributed by atoms with E-state index in [1.165, 1.54) is 21.0 Å². The first kappa shape index (κ1) is 14.2. The molecular weight excluding hydrogens is 252 g/mol. The summed E-state index contributed by atoms with van der Waals surface area (Å²) in [5, 5.41) is 0. The molecule has 0 N–H and O–H groups in total. The summed E-state index contributed by atoms with van der Waals surface area (Å²) in [6, 6.07) is 0. The average molecular weight is 267 g/mol. The highest BCUT2D eigenvalue weighted by atomic mass is 35.5. The molecule has 1 aliphatic heterocycles. The van der Waals surface area contributed by atoms with E-state index >= 15 is 0 Å². The van der Waals surface area contributed by atoms with Gasteiger partial charge in [0.05, 0.1) is 5.88 Å². The molecular formula is C10H15ClO6. The number of alkyl halides is 1. The van der Waals surface area contributed by atoms with Crippen LogP contribution < -0.4 is 0 Å². The van der Waals surface area contributed by atoms with Gasteiger partial charge in [0.25, 0.3) is 0 Å². The quantitative estimate of drug-likeness (QED) is 0.544. The number of ether oxygens (including phenoxy) is 4. The first-order chi connectivity index (χ1) is 7.99. The van der Waals surface area contributed by atoms with Crippen molar-refractivity contribution < 1.29 is 28.5 Å². The van der Waals surface area contributed by atoms with Crippen molar-refractivity contribution in [2.24, 2.45) is 0 Å². The Morgan fingerprint density at radius 2 is 1.71 bits per heavy atom. The fourth-order valence-electron chi connectivity index (χ4n) is 1.66. The fraction of sp³-hybridized carbons (Fsp3) is 0.800. The van der Waals surface area contributed by atoms with E-state index in [0.717, 1.165) is 0 Å². The molecule has 1 fully saturated rings. The molecule has 0 unspecified atom stereocenters. The van der Waals surface area contributed by atoms with Crippen LogP contribution in [0.5, 0.6) is 0 Å². The van der Waals surface area contributed by atoms with Crippen LogP contribution in [-0.4, -0.2) is 49.5 Å². The molecule has 1 rings (SSSR count). The molecule has 98 valence electrons. The molecule has 0 bridgehead atoms. The summed E-state index contributed by atoms with van der Waals surface area (Å²) < 4.78 is 20.5. The highest BCUT2D eigenvalue weighted by Gasteiger charge is 2.49. The summed E-state index contributed by atoms with van der Waals surface area (Å²) in [7, 11) is 1.41. The lowest BCUT2D eigenvalue weighted by Crippen LogP contribution is -2.40. The van der Waals surface area contributed by atoms with Crippen LogP contribution in [0.4, 0.5) is 0 Å². The van der Waals surface area contributed by atoms with E-state index in [-0.39, 0.29) is 5.88 Å². The van der Waals surface area contributed by atoms with Crippen LogP contribution in [0.2, 0.25) is 0 Å². The monoisotopic (exact) mass is 266 g/mol. The Hall–Kier alpha value is -0.850. The molecule has 0 amide bonds. The van der Waals surface area contributed by atoms with Crippen LogP contribution in [0.3, 0.4) is 0 Å². The summed E-state index contributed by atoms with van der Waals surface area (Å²) in [6.45, 7) is 2.52. The molecule has 6 nitrogen and oxygen atoms in total. The van der Waals surface area contributed by atoms with Gasteiger partial charge in [-0.15, -0.1) is 11.6 Å². The minimum Gasteiger partial charge on any atom is -0.456 e. The molecule has 0 aromatic rings. The molecule has 0 radical (unpaired) electrons. The molecule has 0 spiro atoms. The van der Waals surface area contributed by atoms with Crippen LogP contribution in [0, 0.1) is 0 Å². The van der Waals surface area contributed by atoms with Crippen LogP contribution in [0.25, 0.3) is 0 Å². The maximum absolute atomic E-state index is 11.0. The van der Waals surface area contributed by atoms with E-state index in [2.05, 4.69) is 0 Å². The van der Waals surface area contributed by atoms with Crippen molar-refractivity contribution in [1.29, 1.82) is 0 Å². The third-order valence-corrected chi connectivity index (χ3v) is 2.56. The van der Waals surface area contributed by atoms with Crippen molar-refractivity contribution >= 4 is 23.5 Å². The van der Waals surface area contributed by atoms with Gasteiger partial charge in [-0.2, -0.15) is 0 Å². The van der Waals surface area contributed by atoms with Gasteiger partial charge in [0.2, 0.25) is 0 Å². The van der Waals surface area contributed by atoms with Gasteiger partial charge in [0, 0.05) is 21.0 Å². The Bertz CT molecular complexity index is 267. The highest BCUT2D eigenvalue weighted by Crippen LogP contribution is 2.28. The van der Waals surface area contributed by atoms with E-state index in [4.69, 9.17) is 30.5 Å². The van der Waals surface area contributed by atoms with Crippen LogP contribution in [0.1, 0.15) is 13.8 Å². The van der Waals surface area contributed by atoms with E-state index in [9.17, 15) is 9.59 Å². The van der Waals surface area contributed by atoms with Crippen molar-refractivity contribution in [2.45, 2.75) is 38.4 Å². The smallest absolute Gasteiger partial charge is 0.303 e. The van der Waals surface area contributed by atoms with Crippen molar-refractivity contribution in [3.8, 4) is 0 Å². The first-order valence-electron chi connectivity index (χ1n) is 5.08. The number of methoxy groups -OCH3 is 1. The van der Waals surface area contributed by atoms with Gasteiger partial charge in [-0.05, 0) is 0 Å². The molecule has 1 aliphatic rings. The number of hydrogen-bond donors (Lipinski definition) is 0. The van der Waals surface area contributed by atoms with Crippen molar-refractivity contribution in [3.63, 3.8) is 0 Å². The highest BCUT2D eigenvalue weighted by molar-refractivity contribution is 6.18. The summed E-state index contributed by atoms with van der Waals surface area (Å²) in [5.41, 5.74) is 0. The van der Waals surface area contributed by atoms with Crippen LogP contribution >= 0.6 is 11.6 Å². The third-order valence-electron chi connectivity index (χ3n) is 2.26. The minimum atomic E-state index is -0.801. The lowest BCUT2D eigenvalue weighted by Gasteiger charge is -2.22. The molecule has 1 saturated heterocycles. The van der Waals surface area contributed by atoms with Gasteiger partial charge in [-0.1, -0.05) is 0 Å². The van der Waals surface area contributed by atoms with E-state index < -0.39 is 36.5 Å². The van der Waals surface area contributed by atoms with Crippen molar-refractivity contribution in [3.05, 3.63) is 0 Å². The number of hydrogen-bond acceptors (Lipinski definition) is 6. The zero-order valence-electron chi connectivity index (χ0n) is 9.84. The largest absolute Gasteiger partial charge is 0.456 e. The normalized spacial score (nSPS) is 32.2. The molecule has 0 saturated carbocycles. The lowest BCUT2D eigenvalue weighted by molar-refractivity contribution is -0.180. The van der Waals surface area contributed by atoms with E-state index in [0.29, 0.717) is 0 Å². The SMILES string of the molecule is CO[C@@H]1O[C@H](CCl)[C@@H](OC(C)=O)[C@H]1OC(C)=O. The van der Waals surface area contributed by atoms with Gasteiger partial charge in [-0.3, -0.25) is 9.59 Å². The molecule has 0 aromatic carbocycles. The van der Waals surface area contributed by atoms with Gasteiger partial charge >= 0.3 is 11.9 Å². The van der Waals surface area contributed by atoms with Crippen LogP contribution in [-0.2, 0) is 28.5 Å². The van der Waals surface area contributed by atoms with Gasteiger partial charge in [0.15, 0.2) is 18.5 Å². The minimum absolute atomic E-state index is 0.107. The Labute approximate surface area is 104 Å². The molecule has 4 atom stereocenters. The molecule has 0 aliphatic carbocycles. The van der Waals surface area contributed by atoms with Crippen molar-refractivity contribution in [1.82, 2.24) is 0 Å². The molecule has 17 heavy (non-hydrogen) atoms. The summed E-state index contributed by atoms with van der Waals surface area (Å²) in [4.78, 5) is 22.0. The number of carbonyl (C=O) groups excluding carboxylic acids is 2. The standard InChI is InChI=1S/C10H15ClO6/c1-5(12)15-8-7(4-11)17-10(14-3)9(8)16-6(2)13/h7-10H,4H2,1-3H3/t7-,8-,9-,10-/m1/s1. The summed E-state index contributed by atoms with van der Waals surface area (Å²) in [6.07, 6.45) is -2.90. The number of halogens is 1. The van der Waals surface area contributed by atoms with Crippen molar-refractivity contribution in [2.75, 3.05) is 13.0 Å². The summed E-state index contributed by atoms with van der Waals surface area (Å²) >= 11 is 5.70.